The van der Waals surface area contributed by atoms with E-state index >= 15 is 0 Å². The number of carbonyl (C=O) groups is 1. The van der Waals surface area contributed by atoms with Crippen LogP contribution in [0.1, 0.15) is 0 Å². The Labute approximate surface area is 104 Å². The lowest BCUT2D eigenvalue weighted by atomic mass is 9.88. The predicted molar refractivity (Wildman–Crippen MR) is 50.6 cm³/mol. The highest BCUT2D eigenvalue weighted by atomic mass is 19.4. The van der Waals surface area contributed by atoms with E-state index in [9.17, 15) is 28.2 Å². The van der Waals surface area contributed by atoms with Crippen molar-refractivity contribution in [1.82, 2.24) is 5.32 Å². The first-order valence-electron chi connectivity index (χ1n) is 5.35. The van der Waals surface area contributed by atoms with E-state index in [2.05, 4.69) is 0 Å². The van der Waals surface area contributed by atoms with Gasteiger partial charge in [0.05, 0.1) is 13.2 Å². The number of halogens is 3. The summed E-state index contributed by atoms with van der Waals surface area (Å²) in [7, 11) is 0. The molecule has 2 bridgehead atoms. The molecule has 0 aliphatic carbocycles. The minimum absolute atomic E-state index is 0.301. The smallest absolute Gasteiger partial charge is 0.393 e. The fourth-order valence-corrected chi connectivity index (χ4v) is 2.09. The molecule has 0 aromatic carbocycles. The first-order chi connectivity index (χ1) is 8.71. The van der Waals surface area contributed by atoms with Crippen LogP contribution in [0.5, 0.6) is 0 Å². The molecule has 2 aliphatic rings. The standard InChI is InChI=1S/C9H12F3NO6/c10-9(11,12)7(17)13-3-4(15)5(16)8(1-14)2-18-6(3)19-8/h3-6,14-16H,1-2H2,(H,13,17)/t3-,4-,5-,6-,8+/m1/s1. The lowest BCUT2D eigenvalue weighted by Crippen LogP contribution is -2.67. The summed E-state index contributed by atoms with van der Waals surface area (Å²) in [5, 5.41) is 30.1. The fraction of sp³-hybridized carbons (Fsp3) is 0.889. The van der Waals surface area contributed by atoms with Crippen LogP contribution in [0.3, 0.4) is 0 Å². The van der Waals surface area contributed by atoms with Crippen LogP contribution < -0.4 is 5.32 Å². The summed E-state index contributed by atoms with van der Waals surface area (Å²) in [4.78, 5) is 10.8. The van der Waals surface area contributed by atoms with Crippen molar-refractivity contribution in [2.45, 2.75) is 36.3 Å². The van der Waals surface area contributed by atoms with E-state index in [1.807, 2.05) is 0 Å². The van der Waals surface area contributed by atoms with Crippen molar-refractivity contribution >= 4 is 5.91 Å². The molecule has 5 atom stereocenters. The molecule has 110 valence electrons. The Kier molecular flexibility index (Phi) is 3.47. The van der Waals surface area contributed by atoms with Crippen LogP contribution in [0.2, 0.25) is 0 Å². The number of nitrogens with one attached hydrogen (secondary N) is 1. The molecule has 4 N–H and O–H groups in total. The minimum Gasteiger partial charge on any atom is -0.393 e. The SMILES string of the molecule is O=C(N[C@H]1[C@@H]2OC[C@](CO)(O2)[C@H](O)[C@@H]1O)C(F)(F)F. The van der Waals surface area contributed by atoms with Crippen LogP contribution in [-0.2, 0) is 14.3 Å². The number of aliphatic hydroxyl groups is 3. The quantitative estimate of drug-likeness (QED) is 0.462. The van der Waals surface area contributed by atoms with E-state index in [-0.39, 0.29) is 6.61 Å². The number of carbonyl (C=O) groups excluding carboxylic acids is 1. The number of fused-ring (bicyclic) bond motifs is 2. The van der Waals surface area contributed by atoms with Gasteiger partial charge >= 0.3 is 12.1 Å². The number of hydrogen-bond acceptors (Lipinski definition) is 6. The summed E-state index contributed by atoms with van der Waals surface area (Å²) < 4.78 is 46.4. The van der Waals surface area contributed by atoms with Crippen molar-refractivity contribution in [2.24, 2.45) is 0 Å². The fourth-order valence-electron chi connectivity index (χ4n) is 2.09. The highest BCUT2D eigenvalue weighted by Gasteiger charge is 2.60. The summed E-state index contributed by atoms with van der Waals surface area (Å²) in [5.74, 6) is -2.28. The van der Waals surface area contributed by atoms with E-state index in [1.165, 1.54) is 5.32 Å². The third-order valence-corrected chi connectivity index (χ3v) is 3.19. The molecular formula is C9H12F3NO6. The molecule has 19 heavy (non-hydrogen) atoms. The zero-order chi connectivity index (χ0) is 14.4. The summed E-state index contributed by atoms with van der Waals surface area (Å²) in [6.07, 6.45) is -9.93. The molecule has 0 radical (unpaired) electrons. The van der Waals surface area contributed by atoms with Crippen LogP contribution in [-0.4, -0.2) is 70.8 Å². The van der Waals surface area contributed by atoms with Gasteiger partial charge in [-0.2, -0.15) is 13.2 Å². The topological polar surface area (TPSA) is 108 Å². The van der Waals surface area contributed by atoms with Crippen molar-refractivity contribution < 1.29 is 42.8 Å². The number of rotatable bonds is 2. The molecule has 0 saturated carbocycles. The molecule has 0 aromatic heterocycles. The third-order valence-electron chi connectivity index (χ3n) is 3.19. The second kappa shape index (κ2) is 4.56. The van der Waals surface area contributed by atoms with Crippen LogP contribution >= 0.6 is 0 Å². The summed E-state index contributed by atoms with van der Waals surface area (Å²) in [5.41, 5.74) is -1.58. The van der Waals surface area contributed by atoms with Gasteiger partial charge in [-0.3, -0.25) is 4.79 Å². The molecule has 0 aromatic rings. The predicted octanol–water partition coefficient (Wildman–Crippen LogP) is -2.13. The molecule has 0 unspecified atom stereocenters. The van der Waals surface area contributed by atoms with E-state index in [4.69, 9.17) is 14.6 Å². The van der Waals surface area contributed by atoms with Crippen molar-refractivity contribution in [3.8, 4) is 0 Å². The van der Waals surface area contributed by atoms with Gasteiger partial charge in [0.1, 0.15) is 23.9 Å². The van der Waals surface area contributed by atoms with Gasteiger partial charge in [0.25, 0.3) is 0 Å². The Bertz CT molecular complexity index is 377. The molecule has 2 aliphatic heterocycles. The number of amides is 1. The zero-order valence-corrected chi connectivity index (χ0v) is 9.42. The van der Waals surface area contributed by atoms with Crippen molar-refractivity contribution in [3.63, 3.8) is 0 Å². The highest BCUT2D eigenvalue weighted by molar-refractivity contribution is 5.82. The average Bonchev–Trinajstić information content (AvgIpc) is 2.74. The Balaban J connectivity index is 2.14. The number of alkyl halides is 3. The van der Waals surface area contributed by atoms with E-state index in [0.717, 1.165) is 0 Å². The van der Waals surface area contributed by atoms with E-state index in [1.54, 1.807) is 0 Å². The minimum atomic E-state index is -5.13. The van der Waals surface area contributed by atoms with E-state index < -0.39 is 48.8 Å². The Morgan fingerprint density at radius 3 is 2.58 bits per heavy atom. The molecule has 2 heterocycles. The van der Waals surface area contributed by atoms with Crippen molar-refractivity contribution in [3.05, 3.63) is 0 Å². The monoisotopic (exact) mass is 287 g/mol. The van der Waals surface area contributed by atoms with Crippen molar-refractivity contribution in [1.29, 1.82) is 0 Å². The van der Waals surface area contributed by atoms with Gasteiger partial charge in [0, 0.05) is 0 Å². The van der Waals surface area contributed by atoms with Crippen molar-refractivity contribution in [2.75, 3.05) is 13.2 Å². The number of aliphatic hydroxyl groups excluding tert-OH is 3. The maximum Gasteiger partial charge on any atom is 0.471 e. The lowest BCUT2D eigenvalue weighted by Gasteiger charge is -2.41. The van der Waals surface area contributed by atoms with Crippen LogP contribution in [0.15, 0.2) is 0 Å². The molecule has 0 spiro atoms. The molecule has 2 saturated heterocycles. The summed E-state index contributed by atoms with van der Waals surface area (Å²) in [6, 6.07) is -1.58. The lowest BCUT2D eigenvalue weighted by molar-refractivity contribution is -0.236. The molecule has 1 amide bonds. The maximum atomic E-state index is 12.1. The molecular weight excluding hydrogens is 275 g/mol. The first kappa shape index (κ1) is 14.5. The number of ether oxygens (including phenoxy) is 2. The van der Waals surface area contributed by atoms with Gasteiger partial charge in [0.15, 0.2) is 6.29 Å². The highest BCUT2D eigenvalue weighted by Crippen LogP contribution is 2.36. The Morgan fingerprint density at radius 2 is 2.05 bits per heavy atom. The first-order valence-corrected chi connectivity index (χ1v) is 5.35. The maximum absolute atomic E-state index is 12.1. The van der Waals surface area contributed by atoms with Crippen LogP contribution in [0.4, 0.5) is 13.2 Å². The molecule has 2 fully saturated rings. The van der Waals surface area contributed by atoms with Gasteiger partial charge in [-0.1, -0.05) is 0 Å². The number of hydrogen-bond donors (Lipinski definition) is 4. The second-order valence-corrected chi connectivity index (χ2v) is 4.45. The third kappa shape index (κ3) is 2.30. The Morgan fingerprint density at radius 1 is 1.42 bits per heavy atom. The Hall–Kier alpha value is -0.940. The van der Waals surface area contributed by atoms with Gasteiger partial charge < -0.3 is 30.1 Å². The van der Waals surface area contributed by atoms with Gasteiger partial charge in [-0.15, -0.1) is 0 Å². The second-order valence-electron chi connectivity index (χ2n) is 4.45. The van der Waals surface area contributed by atoms with Crippen LogP contribution in [0, 0.1) is 0 Å². The summed E-state index contributed by atoms with van der Waals surface area (Å²) >= 11 is 0. The molecule has 10 heteroatoms. The zero-order valence-electron chi connectivity index (χ0n) is 9.42. The van der Waals surface area contributed by atoms with Gasteiger partial charge in [0.2, 0.25) is 0 Å². The normalized spacial score (nSPS) is 42.2. The molecule has 2 rings (SSSR count). The van der Waals surface area contributed by atoms with Gasteiger partial charge in [-0.05, 0) is 0 Å². The van der Waals surface area contributed by atoms with E-state index in [0.29, 0.717) is 0 Å². The largest absolute Gasteiger partial charge is 0.471 e. The molecule has 7 nitrogen and oxygen atoms in total. The van der Waals surface area contributed by atoms with Crippen LogP contribution in [0.25, 0.3) is 0 Å². The average molecular weight is 287 g/mol. The summed E-state index contributed by atoms with van der Waals surface area (Å²) in [6.45, 7) is -0.980. The van der Waals surface area contributed by atoms with Gasteiger partial charge in [-0.25, -0.2) is 0 Å².